The third-order valence-corrected chi connectivity index (χ3v) is 3.96. The van der Waals surface area contributed by atoms with E-state index in [1.807, 2.05) is 25.1 Å². The molecule has 3 aromatic rings. The van der Waals surface area contributed by atoms with Crippen LogP contribution in [0.15, 0.2) is 36.4 Å². The average molecular weight is 287 g/mol. The van der Waals surface area contributed by atoms with Crippen LogP contribution in [0.1, 0.15) is 6.92 Å². The largest absolute Gasteiger partial charge is 0.504 e. The fraction of sp³-hybridized carbons (Fsp3) is 0.133. The minimum absolute atomic E-state index is 0.131. The molecule has 0 spiro atoms. The summed E-state index contributed by atoms with van der Waals surface area (Å²) in [5.74, 6) is 0.550. The Hall–Kier alpha value is -2.27. The predicted octanol–water partition coefficient (Wildman–Crippen LogP) is 3.77. The maximum atomic E-state index is 9.56. The lowest BCUT2D eigenvalue weighted by Gasteiger charge is -2.00. The first-order valence-corrected chi connectivity index (χ1v) is 7.05. The lowest BCUT2D eigenvalue weighted by atomic mass is 10.2. The van der Waals surface area contributed by atoms with Crippen LogP contribution in [0.25, 0.3) is 20.8 Å². The molecule has 0 fully saturated rings. The van der Waals surface area contributed by atoms with Gasteiger partial charge >= 0.3 is 0 Å². The Morgan fingerprint density at radius 1 is 1.10 bits per heavy atom. The summed E-state index contributed by atoms with van der Waals surface area (Å²) < 4.78 is 6.50. The van der Waals surface area contributed by atoms with Crippen molar-refractivity contribution in [1.82, 2.24) is 4.98 Å². The van der Waals surface area contributed by atoms with E-state index in [1.165, 1.54) is 23.5 Å². The summed E-state index contributed by atoms with van der Waals surface area (Å²) in [6.45, 7) is 2.57. The fourth-order valence-corrected chi connectivity index (χ4v) is 2.93. The molecule has 2 aromatic carbocycles. The molecule has 4 nitrogen and oxygen atoms in total. The number of hydrogen-bond acceptors (Lipinski definition) is 5. The van der Waals surface area contributed by atoms with Crippen LogP contribution in [0.2, 0.25) is 0 Å². The van der Waals surface area contributed by atoms with Gasteiger partial charge in [0.15, 0.2) is 11.5 Å². The van der Waals surface area contributed by atoms with E-state index in [0.29, 0.717) is 6.61 Å². The summed E-state index contributed by atoms with van der Waals surface area (Å²) in [5.41, 5.74) is 1.67. The summed E-state index contributed by atoms with van der Waals surface area (Å²) in [4.78, 5) is 4.53. The molecule has 2 N–H and O–H groups in total. The fourth-order valence-electron chi connectivity index (χ4n) is 1.94. The minimum Gasteiger partial charge on any atom is -0.504 e. The normalized spacial score (nSPS) is 10.8. The van der Waals surface area contributed by atoms with E-state index in [1.54, 1.807) is 6.07 Å². The molecule has 0 saturated heterocycles. The molecular formula is C15H13NO3S. The van der Waals surface area contributed by atoms with Gasteiger partial charge < -0.3 is 14.9 Å². The van der Waals surface area contributed by atoms with Crippen molar-refractivity contribution in [2.45, 2.75) is 6.92 Å². The van der Waals surface area contributed by atoms with Crippen molar-refractivity contribution in [2.24, 2.45) is 0 Å². The van der Waals surface area contributed by atoms with Crippen LogP contribution in [0, 0.1) is 0 Å². The SMILES string of the molecule is CCOc1ccc2nc(-c3ccc(O)c(O)c3)sc2c1. The van der Waals surface area contributed by atoms with Crippen LogP contribution in [0.3, 0.4) is 0 Å². The molecule has 5 heteroatoms. The summed E-state index contributed by atoms with van der Waals surface area (Å²) in [5, 5.41) is 19.7. The molecule has 102 valence electrons. The number of rotatable bonds is 3. The highest BCUT2D eigenvalue weighted by molar-refractivity contribution is 7.21. The Kier molecular flexibility index (Phi) is 3.20. The van der Waals surface area contributed by atoms with Gasteiger partial charge in [0.25, 0.3) is 0 Å². The highest BCUT2D eigenvalue weighted by Gasteiger charge is 2.09. The van der Waals surface area contributed by atoms with Gasteiger partial charge in [0.05, 0.1) is 16.8 Å². The van der Waals surface area contributed by atoms with Crippen LogP contribution in [-0.4, -0.2) is 21.8 Å². The first kappa shape index (κ1) is 12.7. The first-order valence-electron chi connectivity index (χ1n) is 6.23. The van der Waals surface area contributed by atoms with E-state index in [-0.39, 0.29) is 11.5 Å². The Balaban J connectivity index is 2.05. The smallest absolute Gasteiger partial charge is 0.158 e. The zero-order valence-corrected chi connectivity index (χ0v) is 11.6. The molecule has 0 atom stereocenters. The Labute approximate surface area is 119 Å². The van der Waals surface area contributed by atoms with Crippen molar-refractivity contribution >= 4 is 21.6 Å². The molecule has 1 heterocycles. The van der Waals surface area contributed by atoms with Crippen molar-refractivity contribution in [3.05, 3.63) is 36.4 Å². The molecule has 0 radical (unpaired) electrons. The maximum Gasteiger partial charge on any atom is 0.158 e. The Bertz CT molecular complexity index is 767. The van der Waals surface area contributed by atoms with Gasteiger partial charge in [-0.05, 0) is 43.3 Å². The van der Waals surface area contributed by atoms with Gasteiger partial charge in [-0.25, -0.2) is 4.98 Å². The summed E-state index contributed by atoms with van der Waals surface area (Å²) >= 11 is 1.52. The van der Waals surface area contributed by atoms with Gasteiger partial charge in [-0.15, -0.1) is 11.3 Å². The number of aromatic hydroxyl groups is 2. The Morgan fingerprint density at radius 3 is 2.70 bits per heavy atom. The van der Waals surface area contributed by atoms with Crippen molar-refractivity contribution in [2.75, 3.05) is 6.61 Å². The van der Waals surface area contributed by atoms with E-state index < -0.39 is 0 Å². The molecule has 1 aromatic heterocycles. The lowest BCUT2D eigenvalue weighted by Crippen LogP contribution is -1.89. The summed E-state index contributed by atoms with van der Waals surface area (Å²) in [7, 11) is 0. The second kappa shape index (κ2) is 5.02. The van der Waals surface area contributed by atoms with Gasteiger partial charge in [-0.3, -0.25) is 0 Å². The average Bonchev–Trinajstić information content (AvgIpc) is 2.85. The molecule has 0 aliphatic carbocycles. The van der Waals surface area contributed by atoms with Crippen molar-refractivity contribution in [3.8, 4) is 27.8 Å². The topological polar surface area (TPSA) is 62.6 Å². The van der Waals surface area contributed by atoms with E-state index in [0.717, 1.165) is 26.5 Å². The van der Waals surface area contributed by atoms with Crippen LogP contribution in [0.5, 0.6) is 17.2 Å². The van der Waals surface area contributed by atoms with Crippen molar-refractivity contribution in [3.63, 3.8) is 0 Å². The third kappa shape index (κ3) is 2.28. The van der Waals surface area contributed by atoms with E-state index >= 15 is 0 Å². The van der Waals surface area contributed by atoms with Crippen molar-refractivity contribution in [1.29, 1.82) is 0 Å². The summed E-state index contributed by atoms with van der Waals surface area (Å²) in [6, 6.07) is 10.5. The molecule has 0 amide bonds. The second-order valence-electron chi connectivity index (χ2n) is 4.29. The number of fused-ring (bicyclic) bond motifs is 1. The quantitative estimate of drug-likeness (QED) is 0.720. The van der Waals surface area contributed by atoms with Gasteiger partial charge in [0.1, 0.15) is 10.8 Å². The van der Waals surface area contributed by atoms with Gasteiger partial charge in [-0.2, -0.15) is 0 Å². The van der Waals surface area contributed by atoms with Crippen LogP contribution in [0.4, 0.5) is 0 Å². The van der Waals surface area contributed by atoms with E-state index in [4.69, 9.17) is 4.74 Å². The second-order valence-corrected chi connectivity index (χ2v) is 5.32. The number of benzene rings is 2. The van der Waals surface area contributed by atoms with E-state index in [2.05, 4.69) is 4.98 Å². The summed E-state index contributed by atoms with van der Waals surface area (Å²) in [6.07, 6.45) is 0. The number of phenolic OH excluding ortho intramolecular Hbond substituents is 2. The predicted molar refractivity (Wildman–Crippen MR) is 79.6 cm³/mol. The highest BCUT2D eigenvalue weighted by Crippen LogP contribution is 2.35. The van der Waals surface area contributed by atoms with Gasteiger partial charge in [-0.1, -0.05) is 0 Å². The molecule has 0 aliphatic rings. The molecule has 0 saturated carbocycles. The lowest BCUT2D eigenvalue weighted by molar-refractivity contribution is 0.341. The maximum absolute atomic E-state index is 9.56. The van der Waals surface area contributed by atoms with E-state index in [9.17, 15) is 10.2 Å². The number of nitrogens with zero attached hydrogens (tertiary/aromatic N) is 1. The minimum atomic E-state index is -0.142. The molecule has 3 rings (SSSR count). The third-order valence-electron chi connectivity index (χ3n) is 2.89. The zero-order chi connectivity index (χ0) is 14.1. The highest BCUT2D eigenvalue weighted by atomic mass is 32.1. The van der Waals surface area contributed by atoms with Crippen LogP contribution < -0.4 is 4.74 Å². The molecular weight excluding hydrogens is 274 g/mol. The molecule has 0 aliphatic heterocycles. The Morgan fingerprint density at radius 2 is 1.95 bits per heavy atom. The standard InChI is InChI=1S/C15H13NO3S/c1-2-19-10-4-5-11-14(8-10)20-15(16-11)9-3-6-12(17)13(18)7-9/h3-8,17-18H,2H2,1H3. The molecule has 0 bridgehead atoms. The van der Waals surface area contributed by atoms with Crippen LogP contribution >= 0.6 is 11.3 Å². The number of thiazole rings is 1. The molecule has 0 unspecified atom stereocenters. The van der Waals surface area contributed by atoms with Gasteiger partial charge in [0.2, 0.25) is 0 Å². The number of phenols is 2. The van der Waals surface area contributed by atoms with Gasteiger partial charge in [0, 0.05) is 5.56 Å². The monoisotopic (exact) mass is 287 g/mol. The molecule has 20 heavy (non-hydrogen) atoms. The number of ether oxygens (including phenoxy) is 1. The first-order chi connectivity index (χ1) is 9.67. The zero-order valence-electron chi connectivity index (χ0n) is 10.8. The van der Waals surface area contributed by atoms with Crippen molar-refractivity contribution < 1.29 is 14.9 Å². The number of hydrogen-bond donors (Lipinski definition) is 2. The van der Waals surface area contributed by atoms with Crippen LogP contribution in [-0.2, 0) is 0 Å². The number of aromatic nitrogens is 1.